The highest BCUT2D eigenvalue weighted by molar-refractivity contribution is 5.67. The molecule has 0 fully saturated rings. The molecule has 0 aromatic carbocycles. The number of hydrogen-bond acceptors (Lipinski definition) is 5. The number of amides is 1. The van der Waals surface area contributed by atoms with Gasteiger partial charge < -0.3 is 26.2 Å². The second-order valence-corrected chi connectivity index (χ2v) is 8.38. The predicted octanol–water partition coefficient (Wildman–Crippen LogP) is 2.11. The highest BCUT2D eigenvalue weighted by atomic mass is 16.6. The van der Waals surface area contributed by atoms with Gasteiger partial charge in [0.2, 0.25) is 0 Å². The molecule has 0 spiro atoms. The van der Waals surface area contributed by atoms with Crippen molar-refractivity contribution in [3.8, 4) is 0 Å². The quantitative estimate of drug-likeness (QED) is 0.513. The number of ether oxygens (including phenoxy) is 1. The number of hydrogen-bond donors (Lipinski definition) is 4. The van der Waals surface area contributed by atoms with Crippen molar-refractivity contribution < 1.29 is 14.6 Å². The van der Waals surface area contributed by atoms with Crippen LogP contribution in [0.15, 0.2) is 0 Å². The predicted molar refractivity (Wildman–Crippen MR) is 98.9 cm³/mol. The summed E-state index contributed by atoms with van der Waals surface area (Å²) in [5, 5.41) is 15.8. The van der Waals surface area contributed by atoms with E-state index >= 15 is 0 Å². The van der Waals surface area contributed by atoms with E-state index in [0.717, 1.165) is 6.42 Å². The van der Waals surface area contributed by atoms with Gasteiger partial charge in [0.25, 0.3) is 0 Å². The first-order valence-corrected chi connectivity index (χ1v) is 8.92. The van der Waals surface area contributed by atoms with Crippen LogP contribution < -0.4 is 16.4 Å². The van der Waals surface area contributed by atoms with Crippen LogP contribution >= 0.6 is 0 Å². The van der Waals surface area contributed by atoms with Crippen molar-refractivity contribution in [1.82, 2.24) is 10.6 Å². The zero-order valence-corrected chi connectivity index (χ0v) is 16.8. The van der Waals surface area contributed by atoms with Gasteiger partial charge in [-0.1, -0.05) is 48.5 Å². The lowest BCUT2D eigenvalue weighted by Crippen LogP contribution is -2.68. The van der Waals surface area contributed by atoms with Gasteiger partial charge in [0, 0.05) is 25.0 Å². The second kappa shape index (κ2) is 9.59. The Morgan fingerprint density at radius 1 is 1.21 bits per heavy atom. The summed E-state index contributed by atoms with van der Waals surface area (Å²) in [6.45, 7) is 14.7. The third kappa shape index (κ3) is 5.90. The Hall–Kier alpha value is -0.850. The number of aliphatic hydroxyl groups excluding tert-OH is 1. The Morgan fingerprint density at radius 2 is 1.75 bits per heavy atom. The van der Waals surface area contributed by atoms with Gasteiger partial charge in [0.1, 0.15) is 5.60 Å². The van der Waals surface area contributed by atoms with Crippen LogP contribution in [0.3, 0.4) is 0 Å². The van der Waals surface area contributed by atoms with Gasteiger partial charge >= 0.3 is 6.09 Å². The van der Waals surface area contributed by atoms with Crippen LogP contribution in [0.2, 0.25) is 0 Å². The molecule has 24 heavy (non-hydrogen) atoms. The Balaban J connectivity index is 5.81. The lowest BCUT2D eigenvalue weighted by atomic mass is 9.68. The van der Waals surface area contributed by atoms with E-state index in [2.05, 4.69) is 38.3 Å². The summed E-state index contributed by atoms with van der Waals surface area (Å²) in [4.78, 5) is 12.0. The summed E-state index contributed by atoms with van der Waals surface area (Å²) < 4.78 is 5.86. The number of rotatable bonds is 9. The maximum absolute atomic E-state index is 12.0. The van der Waals surface area contributed by atoms with E-state index in [9.17, 15) is 9.90 Å². The summed E-state index contributed by atoms with van der Waals surface area (Å²) >= 11 is 0. The maximum atomic E-state index is 12.0. The average Bonchev–Trinajstić information content (AvgIpc) is 2.47. The first-order chi connectivity index (χ1) is 10.9. The monoisotopic (exact) mass is 345 g/mol. The van der Waals surface area contributed by atoms with E-state index in [0.29, 0.717) is 5.92 Å². The topological polar surface area (TPSA) is 96.6 Å². The minimum Gasteiger partial charge on any atom is -0.439 e. The highest BCUT2D eigenvalue weighted by Crippen LogP contribution is 2.39. The molecule has 3 atom stereocenters. The fourth-order valence-electron chi connectivity index (χ4n) is 3.26. The summed E-state index contributed by atoms with van der Waals surface area (Å²) in [5.41, 5.74) is 4.87. The van der Waals surface area contributed by atoms with Crippen molar-refractivity contribution in [1.29, 1.82) is 0 Å². The first kappa shape index (κ1) is 23.1. The third-order valence-corrected chi connectivity index (χ3v) is 4.61. The largest absolute Gasteiger partial charge is 0.439 e. The zero-order valence-electron chi connectivity index (χ0n) is 16.8. The summed E-state index contributed by atoms with van der Waals surface area (Å²) in [5.74, 6) is 0.614. The molecule has 0 aliphatic heterocycles. The molecule has 6 nitrogen and oxygen atoms in total. The Kier molecular flexibility index (Phi) is 9.25. The number of nitrogens with two attached hydrogens (primary N) is 1. The summed E-state index contributed by atoms with van der Waals surface area (Å²) in [7, 11) is 1.54. The SMILES string of the molecule is CNC(=O)O[C@@](CN)(C(N[C@H](CO)CC(C)C)C(C)C)C(C)(C)C. The number of alkyl carbamates (subject to hydrolysis) is 1. The van der Waals surface area contributed by atoms with E-state index < -0.39 is 11.7 Å². The molecule has 6 heteroatoms. The minimum absolute atomic E-state index is 0.0339. The lowest BCUT2D eigenvalue weighted by molar-refractivity contribution is -0.100. The molecule has 0 aromatic heterocycles. The Morgan fingerprint density at radius 3 is 2.04 bits per heavy atom. The van der Waals surface area contributed by atoms with Crippen LogP contribution in [0.4, 0.5) is 4.79 Å². The van der Waals surface area contributed by atoms with E-state index in [-0.39, 0.29) is 36.6 Å². The van der Waals surface area contributed by atoms with Crippen LogP contribution in [-0.4, -0.2) is 49.1 Å². The van der Waals surface area contributed by atoms with Crippen LogP contribution in [0, 0.1) is 17.3 Å². The van der Waals surface area contributed by atoms with E-state index in [1.165, 1.54) is 0 Å². The Labute approximate surface area is 147 Å². The van der Waals surface area contributed by atoms with Gasteiger partial charge in [-0.2, -0.15) is 0 Å². The maximum Gasteiger partial charge on any atom is 0.407 e. The molecule has 1 amide bonds. The van der Waals surface area contributed by atoms with Crippen molar-refractivity contribution in [2.24, 2.45) is 23.0 Å². The second-order valence-electron chi connectivity index (χ2n) is 8.38. The van der Waals surface area contributed by atoms with Crippen molar-refractivity contribution in [3.05, 3.63) is 0 Å². The van der Waals surface area contributed by atoms with Gasteiger partial charge in [-0.25, -0.2) is 4.79 Å². The number of aliphatic hydroxyl groups is 1. The molecule has 0 rings (SSSR count). The van der Waals surface area contributed by atoms with Gasteiger partial charge in [-0.05, 0) is 18.3 Å². The molecule has 0 bridgehead atoms. The van der Waals surface area contributed by atoms with Crippen LogP contribution in [0.5, 0.6) is 0 Å². The number of carbonyl (C=O) groups excluding carboxylic acids is 1. The van der Waals surface area contributed by atoms with Crippen molar-refractivity contribution in [2.75, 3.05) is 20.2 Å². The first-order valence-electron chi connectivity index (χ1n) is 8.92. The molecule has 0 aliphatic rings. The number of nitrogens with one attached hydrogen (secondary N) is 2. The summed E-state index contributed by atoms with van der Waals surface area (Å²) in [6, 6.07) is -0.255. The van der Waals surface area contributed by atoms with E-state index in [1.807, 2.05) is 20.8 Å². The smallest absolute Gasteiger partial charge is 0.407 e. The third-order valence-electron chi connectivity index (χ3n) is 4.61. The van der Waals surface area contributed by atoms with Crippen LogP contribution in [0.25, 0.3) is 0 Å². The van der Waals surface area contributed by atoms with Gasteiger partial charge in [-0.15, -0.1) is 0 Å². The molecule has 0 saturated heterocycles. The fourth-order valence-corrected chi connectivity index (χ4v) is 3.26. The van der Waals surface area contributed by atoms with Crippen LogP contribution in [-0.2, 0) is 4.74 Å². The van der Waals surface area contributed by atoms with Gasteiger partial charge in [0.15, 0.2) is 0 Å². The van der Waals surface area contributed by atoms with Crippen molar-refractivity contribution in [3.63, 3.8) is 0 Å². The van der Waals surface area contributed by atoms with Gasteiger partial charge in [0.05, 0.1) is 12.6 Å². The fraction of sp³-hybridized carbons (Fsp3) is 0.944. The molecular weight excluding hydrogens is 306 g/mol. The van der Waals surface area contributed by atoms with E-state index in [4.69, 9.17) is 10.5 Å². The number of carbonyl (C=O) groups is 1. The van der Waals surface area contributed by atoms with Crippen molar-refractivity contribution >= 4 is 6.09 Å². The average molecular weight is 346 g/mol. The molecule has 0 aliphatic carbocycles. The lowest BCUT2D eigenvalue weighted by Gasteiger charge is -2.50. The zero-order chi connectivity index (χ0) is 19.1. The molecular formula is C18H39N3O3. The highest BCUT2D eigenvalue weighted by Gasteiger charge is 2.52. The van der Waals surface area contributed by atoms with E-state index in [1.54, 1.807) is 7.05 Å². The Bertz CT molecular complexity index is 380. The molecule has 0 saturated carbocycles. The van der Waals surface area contributed by atoms with Crippen molar-refractivity contribution in [2.45, 2.75) is 72.6 Å². The standard InChI is InChI=1S/C18H39N3O3/c1-12(2)9-14(10-22)21-15(13(3)4)18(11-19,17(5,6)7)24-16(23)20-8/h12-15,21-22H,9-11,19H2,1-8H3,(H,20,23)/t14-,15?,18-/m0/s1. The molecule has 1 unspecified atom stereocenters. The molecule has 0 heterocycles. The normalized spacial score (nSPS) is 17.5. The van der Waals surface area contributed by atoms with Gasteiger partial charge in [-0.3, -0.25) is 0 Å². The minimum atomic E-state index is -0.897. The molecule has 5 N–H and O–H groups in total. The molecule has 144 valence electrons. The molecule has 0 radical (unpaired) electrons. The van der Waals surface area contributed by atoms with Crippen LogP contribution in [0.1, 0.15) is 54.9 Å². The summed E-state index contributed by atoms with van der Waals surface area (Å²) in [6.07, 6.45) is 0.344. The molecule has 0 aromatic rings.